The van der Waals surface area contributed by atoms with E-state index in [0.29, 0.717) is 17.9 Å². The van der Waals surface area contributed by atoms with Crippen LogP contribution in [0.25, 0.3) is 55.2 Å². The largest absolute Gasteiger partial charge is 0.388 e. The van der Waals surface area contributed by atoms with Gasteiger partial charge in [-0.05, 0) is 110 Å². The van der Waals surface area contributed by atoms with Crippen molar-refractivity contribution in [3.63, 3.8) is 0 Å². The fourth-order valence-electron chi connectivity index (χ4n) is 8.93. The lowest BCUT2D eigenvalue weighted by molar-refractivity contribution is -0.132. The maximum Gasteiger partial charge on any atom is 0.225 e. The molecule has 1 unspecified atom stereocenters. The van der Waals surface area contributed by atoms with Crippen LogP contribution in [0.5, 0.6) is 0 Å². The van der Waals surface area contributed by atoms with Gasteiger partial charge < -0.3 is 30.3 Å². The summed E-state index contributed by atoms with van der Waals surface area (Å²) in [6.45, 7) is 6.99. The maximum atomic E-state index is 12.5. The van der Waals surface area contributed by atoms with Crippen molar-refractivity contribution in [2.24, 2.45) is 13.0 Å². The number of carbonyl (C=O) groups is 2. The van der Waals surface area contributed by atoms with Gasteiger partial charge in [0.25, 0.3) is 0 Å². The number of nitrogens with one attached hydrogen (secondary N) is 3. The molecule has 1 saturated carbocycles. The van der Waals surface area contributed by atoms with Gasteiger partial charge in [-0.3, -0.25) is 29.5 Å². The number of hydrogen-bond acceptors (Lipinski definition) is 9. The smallest absolute Gasteiger partial charge is 0.225 e. The summed E-state index contributed by atoms with van der Waals surface area (Å²) in [5.74, 6) is 0.807. The fraction of sp³-hybridized carbons (Fsp3) is 0.347. The Hall–Kier alpha value is -6.56. The topological polar surface area (TPSA) is 133 Å². The Kier molecular flexibility index (Phi) is 11.2. The van der Waals surface area contributed by atoms with E-state index in [1.807, 2.05) is 18.0 Å². The summed E-state index contributed by atoms with van der Waals surface area (Å²) in [5, 5.41) is 11.8. The number of amides is 2. The van der Waals surface area contributed by atoms with Gasteiger partial charge in [-0.15, -0.1) is 0 Å². The second-order valence-electron chi connectivity index (χ2n) is 16.8. The third kappa shape index (κ3) is 8.71. The van der Waals surface area contributed by atoms with Crippen molar-refractivity contribution in [3.05, 3.63) is 103 Å². The van der Waals surface area contributed by atoms with Crippen LogP contribution in [-0.4, -0.2) is 91.4 Å². The van der Waals surface area contributed by atoms with Gasteiger partial charge >= 0.3 is 0 Å². The lowest BCUT2D eigenvalue weighted by atomic mass is 10.00. The van der Waals surface area contributed by atoms with E-state index < -0.39 is 0 Å². The molecule has 4 aromatic carbocycles. The van der Waals surface area contributed by atoms with Crippen molar-refractivity contribution in [2.75, 3.05) is 49.2 Å². The molecule has 2 saturated heterocycles. The SMILES string of the molecule is CNc1cc(-c2cc(N[C@H]3CCN(C(C)=O)C3)cc3nccnc23)ccc1C.Cn1ccc2ccc(-c3cc(NC4CCCN(C(=O)C5CC5)CC4)cc4nccnc34)cc21. The first kappa shape index (κ1) is 39.9. The average molecular weight is 815 g/mol. The molecular weight excluding hydrogens is 761 g/mol. The van der Waals surface area contributed by atoms with Crippen LogP contribution in [0.2, 0.25) is 0 Å². The quantitative estimate of drug-likeness (QED) is 0.138. The van der Waals surface area contributed by atoms with Crippen molar-refractivity contribution >= 4 is 61.8 Å². The number of carbonyl (C=O) groups excluding carboxylic acids is 2. The molecule has 10 rings (SSSR count). The molecule has 61 heavy (non-hydrogen) atoms. The van der Waals surface area contributed by atoms with Gasteiger partial charge in [-0.25, -0.2) is 0 Å². The number of benzene rings is 4. The molecular formula is C49H54N10O2. The van der Waals surface area contributed by atoms with Crippen molar-refractivity contribution < 1.29 is 9.59 Å². The van der Waals surface area contributed by atoms with Crippen LogP contribution >= 0.6 is 0 Å². The van der Waals surface area contributed by atoms with Gasteiger partial charge in [-0.1, -0.05) is 24.3 Å². The molecule has 2 aliphatic heterocycles. The zero-order valence-corrected chi connectivity index (χ0v) is 35.5. The molecule has 0 spiro atoms. The first-order valence-electron chi connectivity index (χ1n) is 21.6. The molecule has 312 valence electrons. The summed E-state index contributed by atoms with van der Waals surface area (Å²) in [6.07, 6.45) is 15.2. The molecule has 3 fully saturated rings. The third-order valence-electron chi connectivity index (χ3n) is 12.5. The van der Waals surface area contributed by atoms with Crippen LogP contribution in [-0.2, 0) is 16.6 Å². The van der Waals surface area contributed by atoms with Gasteiger partial charge in [0, 0.05) is 130 Å². The second kappa shape index (κ2) is 17.2. The van der Waals surface area contributed by atoms with Crippen LogP contribution in [0.3, 0.4) is 0 Å². The summed E-state index contributed by atoms with van der Waals surface area (Å²) in [6, 6.07) is 24.2. The van der Waals surface area contributed by atoms with Crippen LogP contribution in [0.1, 0.15) is 51.0 Å². The first-order chi connectivity index (χ1) is 29.7. The van der Waals surface area contributed by atoms with Gasteiger partial charge in [0.15, 0.2) is 0 Å². The lowest BCUT2D eigenvalue weighted by Crippen LogP contribution is -2.33. The van der Waals surface area contributed by atoms with E-state index in [2.05, 4.69) is 126 Å². The highest BCUT2D eigenvalue weighted by Gasteiger charge is 2.34. The predicted molar refractivity (Wildman–Crippen MR) is 246 cm³/mol. The number of aryl methyl sites for hydroxylation is 2. The fourth-order valence-corrected chi connectivity index (χ4v) is 8.93. The lowest BCUT2D eigenvalue weighted by Gasteiger charge is -2.21. The number of rotatable bonds is 8. The van der Waals surface area contributed by atoms with E-state index >= 15 is 0 Å². The van der Waals surface area contributed by atoms with E-state index in [9.17, 15) is 9.59 Å². The summed E-state index contributed by atoms with van der Waals surface area (Å²) >= 11 is 0. The van der Waals surface area contributed by atoms with Gasteiger partial charge in [0.05, 0.1) is 22.1 Å². The minimum absolute atomic E-state index is 0.133. The van der Waals surface area contributed by atoms with E-state index in [1.165, 1.54) is 16.5 Å². The highest BCUT2D eigenvalue weighted by Crippen LogP contribution is 2.36. The molecule has 3 N–H and O–H groups in total. The van der Waals surface area contributed by atoms with Crippen LogP contribution in [0.4, 0.5) is 17.1 Å². The monoisotopic (exact) mass is 814 g/mol. The highest BCUT2D eigenvalue weighted by atomic mass is 16.2. The molecule has 0 bridgehead atoms. The Morgan fingerprint density at radius 3 is 1.95 bits per heavy atom. The third-order valence-corrected chi connectivity index (χ3v) is 12.5. The summed E-state index contributed by atoms with van der Waals surface area (Å²) in [4.78, 5) is 46.5. The normalized spacial score (nSPS) is 17.8. The van der Waals surface area contributed by atoms with Crippen molar-refractivity contribution in [3.8, 4) is 22.3 Å². The predicted octanol–water partition coefficient (Wildman–Crippen LogP) is 8.67. The number of aromatic nitrogens is 5. The van der Waals surface area contributed by atoms with Gasteiger partial charge in [0.2, 0.25) is 11.8 Å². The number of anilines is 3. The number of likely N-dealkylation sites (tertiary alicyclic amines) is 2. The minimum Gasteiger partial charge on any atom is -0.388 e. The summed E-state index contributed by atoms with van der Waals surface area (Å²) < 4.78 is 2.15. The molecule has 3 aliphatic rings. The van der Waals surface area contributed by atoms with Crippen molar-refractivity contribution in [1.29, 1.82) is 0 Å². The Morgan fingerprint density at radius 1 is 0.672 bits per heavy atom. The van der Waals surface area contributed by atoms with Gasteiger partial charge in [-0.2, -0.15) is 0 Å². The molecule has 12 nitrogen and oxygen atoms in total. The van der Waals surface area contributed by atoms with E-state index in [4.69, 9.17) is 0 Å². The molecule has 2 amide bonds. The van der Waals surface area contributed by atoms with Crippen molar-refractivity contribution in [1.82, 2.24) is 34.3 Å². The molecule has 1 aliphatic carbocycles. The van der Waals surface area contributed by atoms with Crippen molar-refractivity contribution in [2.45, 2.75) is 64.5 Å². The van der Waals surface area contributed by atoms with Crippen LogP contribution in [0, 0.1) is 12.8 Å². The Bertz CT molecular complexity index is 2740. The van der Waals surface area contributed by atoms with Crippen LogP contribution in [0.15, 0.2) is 97.7 Å². The molecule has 5 heterocycles. The maximum absolute atomic E-state index is 12.5. The highest BCUT2D eigenvalue weighted by molar-refractivity contribution is 5.97. The number of nitrogens with zero attached hydrogens (tertiary/aromatic N) is 7. The summed E-state index contributed by atoms with van der Waals surface area (Å²) in [5.41, 5.74) is 13.5. The zero-order chi connectivity index (χ0) is 42.0. The Balaban J connectivity index is 0.000000158. The Morgan fingerprint density at radius 2 is 1.30 bits per heavy atom. The van der Waals surface area contributed by atoms with E-state index in [1.54, 1.807) is 31.7 Å². The number of fused-ring (bicyclic) bond motifs is 3. The van der Waals surface area contributed by atoms with E-state index in [0.717, 1.165) is 126 Å². The van der Waals surface area contributed by atoms with E-state index in [-0.39, 0.29) is 11.9 Å². The van der Waals surface area contributed by atoms with Gasteiger partial charge in [0.1, 0.15) is 0 Å². The number of hydrogen-bond donors (Lipinski definition) is 3. The molecule has 0 radical (unpaired) electrons. The molecule has 2 atom stereocenters. The minimum atomic E-state index is 0.133. The molecule has 3 aromatic heterocycles. The Labute approximate surface area is 356 Å². The van der Waals surface area contributed by atoms with Crippen LogP contribution < -0.4 is 16.0 Å². The average Bonchev–Trinajstić information content (AvgIpc) is 3.98. The zero-order valence-electron chi connectivity index (χ0n) is 35.5. The molecule has 12 heteroatoms. The summed E-state index contributed by atoms with van der Waals surface area (Å²) in [7, 11) is 4.01. The standard InChI is InChI=1S/C27H29N5O.C22H25N5O/c1-31-13-8-18-4-7-20(15-25(18)31)23-16-22(17-24-26(23)29-11-10-28-24)30-21-3-2-12-32(14-9-21)27(33)19-5-6-19;1-14-4-5-16(10-20(14)23-3)19-11-18(12-21-22(19)25-8-7-24-21)26-17-6-9-27(13-17)15(2)28/h4,7-8,10-11,13,15-17,19,21,30H,2-3,5-6,9,12,14H2,1H3;4-5,7-8,10-12,17,23,26H,6,9,13H2,1-3H3/t;17-/m.0/s1. The second-order valence-corrected chi connectivity index (χ2v) is 16.8. The molecule has 7 aromatic rings. The first-order valence-corrected chi connectivity index (χ1v) is 21.6.